The van der Waals surface area contributed by atoms with E-state index in [9.17, 15) is 14.4 Å². The summed E-state index contributed by atoms with van der Waals surface area (Å²) in [4.78, 5) is 43.6. The van der Waals surface area contributed by atoms with E-state index in [1.807, 2.05) is 18.2 Å². The van der Waals surface area contributed by atoms with Gasteiger partial charge in [0.15, 0.2) is 11.4 Å². The number of Topliss-reactive ketones (excluding diaryl/α,β-unsaturated/α-hetero) is 1. The maximum absolute atomic E-state index is 12.3. The first kappa shape index (κ1) is 13.7. The fourth-order valence-corrected chi connectivity index (χ4v) is 3.17. The number of ketones is 1. The van der Waals surface area contributed by atoms with Gasteiger partial charge in [-0.2, -0.15) is 0 Å². The molecule has 2 aromatic heterocycles. The summed E-state index contributed by atoms with van der Waals surface area (Å²) in [7, 11) is 3.01. The van der Waals surface area contributed by atoms with Crippen LogP contribution in [0.15, 0.2) is 27.8 Å². The highest BCUT2D eigenvalue weighted by molar-refractivity contribution is 6.02. The Morgan fingerprint density at radius 3 is 2.57 bits per heavy atom. The highest BCUT2D eigenvalue weighted by atomic mass is 16.2. The molecule has 0 amide bonds. The van der Waals surface area contributed by atoms with E-state index in [1.165, 1.54) is 11.6 Å². The third kappa shape index (κ3) is 1.76. The number of benzene rings is 1. The average molecular weight is 310 g/mol. The van der Waals surface area contributed by atoms with Crippen LogP contribution < -0.4 is 11.2 Å². The van der Waals surface area contributed by atoms with E-state index in [1.54, 1.807) is 7.05 Å². The molecule has 7 nitrogen and oxygen atoms in total. The highest BCUT2D eigenvalue weighted by Crippen LogP contribution is 2.31. The molecule has 0 fully saturated rings. The zero-order valence-electron chi connectivity index (χ0n) is 12.7. The molecule has 116 valence electrons. The fraction of sp³-hybridized carbons (Fsp3) is 0.250. The number of nitrogens with zero attached hydrogens (tertiary/aromatic N) is 3. The highest BCUT2D eigenvalue weighted by Gasteiger charge is 2.24. The Balaban J connectivity index is 2.05. The summed E-state index contributed by atoms with van der Waals surface area (Å²) < 4.78 is 2.38. The fourth-order valence-electron chi connectivity index (χ4n) is 3.17. The number of nitrogens with one attached hydrogen (secondary N) is 1. The van der Waals surface area contributed by atoms with Gasteiger partial charge in [-0.15, -0.1) is 0 Å². The van der Waals surface area contributed by atoms with Crippen molar-refractivity contribution in [2.75, 3.05) is 0 Å². The maximum atomic E-state index is 12.3. The minimum Gasteiger partial charge on any atom is -0.332 e. The SMILES string of the molecule is Cn1c(=O)c2[nH]c(-c3cccc4c3CCC4=O)nc2n(C)c1=O. The molecule has 3 aromatic rings. The zero-order valence-corrected chi connectivity index (χ0v) is 12.7. The van der Waals surface area contributed by atoms with E-state index in [4.69, 9.17) is 0 Å². The van der Waals surface area contributed by atoms with E-state index in [-0.39, 0.29) is 11.3 Å². The Morgan fingerprint density at radius 1 is 1.04 bits per heavy atom. The predicted octanol–water partition coefficient (Wildman–Crippen LogP) is 0.756. The number of hydrogen-bond acceptors (Lipinski definition) is 4. The lowest BCUT2D eigenvalue weighted by molar-refractivity contribution is 0.0994. The quantitative estimate of drug-likeness (QED) is 0.718. The first-order valence-corrected chi connectivity index (χ1v) is 7.30. The number of imidazole rings is 1. The van der Waals surface area contributed by atoms with Gasteiger partial charge < -0.3 is 4.98 Å². The number of aryl methyl sites for hydroxylation is 1. The van der Waals surface area contributed by atoms with Crippen LogP contribution in [-0.4, -0.2) is 24.9 Å². The first-order valence-electron chi connectivity index (χ1n) is 7.30. The summed E-state index contributed by atoms with van der Waals surface area (Å²) in [6, 6.07) is 5.49. The van der Waals surface area contributed by atoms with Gasteiger partial charge in [0.25, 0.3) is 5.56 Å². The van der Waals surface area contributed by atoms with Crippen molar-refractivity contribution < 1.29 is 4.79 Å². The molecule has 0 radical (unpaired) electrons. The number of aromatic nitrogens is 4. The van der Waals surface area contributed by atoms with Crippen LogP contribution in [0.4, 0.5) is 0 Å². The molecule has 0 saturated heterocycles. The van der Waals surface area contributed by atoms with Gasteiger partial charge in [0, 0.05) is 31.6 Å². The third-order valence-electron chi connectivity index (χ3n) is 4.43. The third-order valence-corrected chi connectivity index (χ3v) is 4.43. The summed E-state index contributed by atoms with van der Waals surface area (Å²) in [6.45, 7) is 0. The van der Waals surface area contributed by atoms with Crippen LogP contribution in [0.5, 0.6) is 0 Å². The summed E-state index contributed by atoms with van der Waals surface area (Å²) in [6.07, 6.45) is 1.16. The lowest BCUT2D eigenvalue weighted by atomic mass is 10.0. The van der Waals surface area contributed by atoms with E-state index in [2.05, 4.69) is 9.97 Å². The van der Waals surface area contributed by atoms with Crippen LogP contribution >= 0.6 is 0 Å². The molecule has 1 N–H and O–H groups in total. The van der Waals surface area contributed by atoms with Crippen LogP contribution in [0.25, 0.3) is 22.6 Å². The van der Waals surface area contributed by atoms with Gasteiger partial charge in [-0.05, 0) is 12.0 Å². The van der Waals surface area contributed by atoms with Crippen molar-refractivity contribution >= 4 is 16.9 Å². The molecular formula is C16H14N4O3. The van der Waals surface area contributed by atoms with Gasteiger partial charge in [0.2, 0.25) is 0 Å². The largest absolute Gasteiger partial charge is 0.332 e. The number of carbonyl (C=O) groups is 1. The molecule has 2 heterocycles. The molecule has 4 rings (SSSR count). The van der Waals surface area contributed by atoms with Crippen LogP contribution in [0, 0.1) is 0 Å². The summed E-state index contributed by atoms with van der Waals surface area (Å²) in [5.41, 5.74) is 2.23. The molecule has 0 saturated carbocycles. The Labute approximate surface area is 130 Å². The van der Waals surface area contributed by atoms with Crippen molar-refractivity contribution in [3.63, 3.8) is 0 Å². The minimum absolute atomic E-state index is 0.126. The van der Waals surface area contributed by atoms with Crippen molar-refractivity contribution in [1.29, 1.82) is 0 Å². The van der Waals surface area contributed by atoms with Crippen molar-refractivity contribution in [1.82, 2.24) is 19.1 Å². The second-order valence-corrected chi connectivity index (χ2v) is 5.74. The summed E-state index contributed by atoms with van der Waals surface area (Å²) in [5, 5.41) is 0. The van der Waals surface area contributed by atoms with E-state index in [0.29, 0.717) is 29.9 Å². The Morgan fingerprint density at radius 2 is 1.78 bits per heavy atom. The zero-order chi connectivity index (χ0) is 16.3. The van der Waals surface area contributed by atoms with Crippen molar-refractivity contribution in [2.45, 2.75) is 12.8 Å². The average Bonchev–Trinajstić information content (AvgIpc) is 3.16. The first-order chi connectivity index (χ1) is 11.0. The van der Waals surface area contributed by atoms with Gasteiger partial charge in [0.1, 0.15) is 11.3 Å². The van der Waals surface area contributed by atoms with Gasteiger partial charge in [0.05, 0.1) is 0 Å². The predicted molar refractivity (Wildman–Crippen MR) is 84.7 cm³/mol. The Bertz CT molecular complexity index is 1100. The Hall–Kier alpha value is -2.96. The topological polar surface area (TPSA) is 89.8 Å². The monoisotopic (exact) mass is 310 g/mol. The van der Waals surface area contributed by atoms with Crippen LogP contribution in [-0.2, 0) is 20.5 Å². The van der Waals surface area contributed by atoms with Gasteiger partial charge in [-0.3, -0.25) is 18.7 Å². The molecule has 1 aliphatic carbocycles. The number of hydrogen-bond donors (Lipinski definition) is 1. The van der Waals surface area contributed by atoms with Gasteiger partial charge in [-0.25, -0.2) is 9.78 Å². The van der Waals surface area contributed by atoms with Gasteiger partial charge >= 0.3 is 5.69 Å². The maximum Gasteiger partial charge on any atom is 0.332 e. The molecule has 0 unspecified atom stereocenters. The molecule has 1 aliphatic rings. The van der Waals surface area contributed by atoms with Gasteiger partial charge in [-0.1, -0.05) is 18.2 Å². The van der Waals surface area contributed by atoms with Crippen molar-refractivity contribution in [3.05, 3.63) is 50.2 Å². The number of H-pyrrole nitrogens is 1. The van der Waals surface area contributed by atoms with Crippen molar-refractivity contribution in [3.8, 4) is 11.4 Å². The smallest absolute Gasteiger partial charge is 0.332 e. The second-order valence-electron chi connectivity index (χ2n) is 5.74. The lowest BCUT2D eigenvalue weighted by Crippen LogP contribution is -2.36. The van der Waals surface area contributed by atoms with E-state index < -0.39 is 11.2 Å². The standard InChI is InChI=1S/C16H14N4O3/c1-19-14-12(15(22)20(2)16(19)23)17-13(18-14)10-5-3-4-9-8(10)6-7-11(9)21/h3-5H,6-7H2,1-2H3,(H,17,18). The lowest BCUT2D eigenvalue weighted by Gasteiger charge is -2.04. The number of fused-ring (bicyclic) bond motifs is 2. The van der Waals surface area contributed by atoms with Crippen LogP contribution in [0.1, 0.15) is 22.3 Å². The number of aromatic amines is 1. The van der Waals surface area contributed by atoms with Crippen LogP contribution in [0.3, 0.4) is 0 Å². The molecule has 0 aliphatic heterocycles. The second kappa shape index (κ2) is 4.52. The summed E-state index contributed by atoms with van der Waals surface area (Å²) in [5.74, 6) is 0.631. The van der Waals surface area contributed by atoms with E-state index in [0.717, 1.165) is 15.7 Å². The molecule has 1 aromatic carbocycles. The molecule has 0 bridgehead atoms. The molecule has 0 atom stereocenters. The minimum atomic E-state index is -0.422. The molecule has 0 spiro atoms. The number of carbonyl (C=O) groups excluding carboxylic acids is 1. The van der Waals surface area contributed by atoms with Crippen molar-refractivity contribution in [2.24, 2.45) is 14.1 Å². The normalized spacial score (nSPS) is 13.7. The van der Waals surface area contributed by atoms with Crippen LogP contribution in [0.2, 0.25) is 0 Å². The molecule has 23 heavy (non-hydrogen) atoms. The molecule has 7 heteroatoms. The number of rotatable bonds is 1. The Kier molecular flexibility index (Phi) is 2.69. The summed E-state index contributed by atoms with van der Waals surface area (Å²) >= 11 is 0. The molecular weight excluding hydrogens is 296 g/mol. The van der Waals surface area contributed by atoms with E-state index >= 15 is 0 Å².